The summed E-state index contributed by atoms with van der Waals surface area (Å²) in [5.41, 5.74) is 1.25. The molecular weight excluding hydrogens is 188 g/mol. The summed E-state index contributed by atoms with van der Waals surface area (Å²) >= 11 is 0. The van der Waals surface area contributed by atoms with Crippen LogP contribution in [0.4, 0.5) is 0 Å². The SMILES string of the molecule is O=CC12CC=CC=C1c1ccccc1O2. The Morgan fingerprint density at radius 2 is 2.20 bits per heavy atom. The minimum atomic E-state index is -0.765. The standard InChI is InChI=1S/C13H10O2/c14-9-13-8-4-3-6-11(13)10-5-1-2-7-12(10)15-13/h1-7,9H,8H2. The monoisotopic (exact) mass is 198 g/mol. The van der Waals surface area contributed by atoms with Crippen molar-refractivity contribution in [2.45, 2.75) is 12.0 Å². The number of carbonyl (C=O) groups is 1. The second-order valence-electron chi connectivity index (χ2n) is 3.82. The van der Waals surface area contributed by atoms with Crippen molar-refractivity contribution >= 4 is 11.9 Å². The van der Waals surface area contributed by atoms with Gasteiger partial charge in [-0.15, -0.1) is 0 Å². The molecule has 1 heterocycles. The maximum atomic E-state index is 11.2. The highest BCUT2D eigenvalue weighted by molar-refractivity contribution is 5.95. The zero-order valence-electron chi connectivity index (χ0n) is 8.14. The van der Waals surface area contributed by atoms with E-state index in [1.54, 1.807) is 0 Å². The molecule has 15 heavy (non-hydrogen) atoms. The van der Waals surface area contributed by atoms with Crippen molar-refractivity contribution in [2.24, 2.45) is 0 Å². The van der Waals surface area contributed by atoms with Crippen LogP contribution in [0.1, 0.15) is 12.0 Å². The molecule has 0 fully saturated rings. The summed E-state index contributed by atoms with van der Waals surface area (Å²) in [6.07, 6.45) is 7.43. The molecule has 2 aliphatic rings. The Bertz CT molecular complexity index is 485. The van der Waals surface area contributed by atoms with Gasteiger partial charge in [0, 0.05) is 17.6 Å². The molecule has 0 bridgehead atoms. The summed E-state index contributed by atoms with van der Waals surface area (Å²) in [4.78, 5) is 11.2. The van der Waals surface area contributed by atoms with Crippen LogP contribution in [0.25, 0.3) is 5.57 Å². The van der Waals surface area contributed by atoms with E-state index in [0.29, 0.717) is 6.42 Å². The molecule has 2 heteroatoms. The molecule has 1 atom stereocenters. The Kier molecular flexibility index (Phi) is 1.60. The number of ether oxygens (including phenoxy) is 1. The minimum absolute atomic E-state index is 0.622. The summed E-state index contributed by atoms with van der Waals surface area (Å²) in [7, 11) is 0. The lowest BCUT2D eigenvalue weighted by molar-refractivity contribution is -0.116. The van der Waals surface area contributed by atoms with E-state index < -0.39 is 5.60 Å². The Morgan fingerprint density at radius 3 is 3.07 bits per heavy atom. The first kappa shape index (κ1) is 8.48. The van der Waals surface area contributed by atoms with Gasteiger partial charge in [0.25, 0.3) is 0 Å². The van der Waals surface area contributed by atoms with E-state index in [2.05, 4.69) is 0 Å². The third kappa shape index (κ3) is 1.02. The number of fused-ring (bicyclic) bond motifs is 3. The van der Waals surface area contributed by atoms with E-state index >= 15 is 0 Å². The Hall–Kier alpha value is -1.83. The molecule has 1 unspecified atom stereocenters. The second-order valence-corrected chi connectivity index (χ2v) is 3.82. The molecule has 1 aliphatic carbocycles. The number of benzene rings is 1. The first-order valence-electron chi connectivity index (χ1n) is 4.98. The highest BCUT2D eigenvalue weighted by Gasteiger charge is 2.43. The van der Waals surface area contributed by atoms with E-state index in [4.69, 9.17) is 4.74 Å². The average Bonchev–Trinajstić information content (AvgIpc) is 2.64. The maximum absolute atomic E-state index is 11.2. The first-order chi connectivity index (χ1) is 7.36. The Morgan fingerprint density at radius 1 is 1.33 bits per heavy atom. The molecule has 0 saturated carbocycles. The molecule has 0 aromatic heterocycles. The fourth-order valence-electron chi connectivity index (χ4n) is 2.18. The molecule has 1 aliphatic heterocycles. The predicted octanol–water partition coefficient (Wildman–Crippen LogP) is 2.36. The third-order valence-electron chi connectivity index (χ3n) is 2.94. The zero-order chi connectivity index (χ0) is 10.3. The normalized spacial score (nSPS) is 26.3. The number of hydrogen-bond acceptors (Lipinski definition) is 2. The molecule has 0 saturated heterocycles. The van der Waals surface area contributed by atoms with Gasteiger partial charge in [0.05, 0.1) is 0 Å². The molecule has 2 nitrogen and oxygen atoms in total. The van der Waals surface area contributed by atoms with Crippen LogP contribution in [0.15, 0.2) is 42.5 Å². The number of allylic oxidation sites excluding steroid dienone is 2. The van der Waals surface area contributed by atoms with E-state index in [-0.39, 0.29) is 0 Å². The van der Waals surface area contributed by atoms with Crippen LogP contribution in [-0.4, -0.2) is 11.9 Å². The molecule has 1 aromatic rings. The van der Waals surface area contributed by atoms with Gasteiger partial charge in [-0.2, -0.15) is 0 Å². The number of hydrogen-bond donors (Lipinski definition) is 0. The fraction of sp³-hybridized carbons (Fsp3) is 0.154. The van der Waals surface area contributed by atoms with Crippen LogP contribution in [0, 0.1) is 0 Å². The molecule has 0 N–H and O–H groups in total. The van der Waals surface area contributed by atoms with Crippen molar-refractivity contribution in [1.29, 1.82) is 0 Å². The van der Waals surface area contributed by atoms with Gasteiger partial charge in [0.1, 0.15) is 5.75 Å². The number of para-hydroxylation sites is 1. The molecule has 3 rings (SSSR count). The van der Waals surface area contributed by atoms with Gasteiger partial charge in [-0.05, 0) is 6.07 Å². The van der Waals surface area contributed by atoms with Crippen molar-refractivity contribution in [1.82, 2.24) is 0 Å². The molecular formula is C13H10O2. The Labute approximate surface area is 87.9 Å². The highest BCUT2D eigenvalue weighted by atomic mass is 16.5. The summed E-state index contributed by atoms with van der Waals surface area (Å²) in [6, 6.07) is 7.77. The van der Waals surface area contributed by atoms with Gasteiger partial charge >= 0.3 is 0 Å². The lowest BCUT2D eigenvalue weighted by Crippen LogP contribution is -2.35. The largest absolute Gasteiger partial charge is 0.474 e. The van der Waals surface area contributed by atoms with E-state index in [0.717, 1.165) is 23.2 Å². The summed E-state index contributed by atoms with van der Waals surface area (Å²) in [5.74, 6) is 0.805. The van der Waals surface area contributed by atoms with E-state index in [1.807, 2.05) is 42.5 Å². The van der Waals surface area contributed by atoms with Gasteiger partial charge in [-0.3, -0.25) is 4.79 Å². The molecule has 0 amide bonds. The summed E-state index contributed by atoms with van der Waals surface area (Å²) in [5, 5.41) is 0. The Balaban J connectivity index is 2.23. The minimum Gasteiger partial charge on any atom is -0.474 e. The number of aldehydes is 1. The van der Waals surface area contributed by atoms with Gasteiger partial charge in [0.2, 0.25) is 0 Å². The van der Waals surface area contributed by atoms with Crippen LogP contribution in [0.5, 0.6) is 5.75 Å². The van der Waals surface area contributed by atoms with Gasteiger partial charge < -0.3 is 4.74 Å². The van der Waals surface area contributed by atoms with E-state index in [1.165, 1.54) is 0 Å². The molecule has 0 radical (unpaired) electrons. The summed E-state index contributed by atoms with van der Waals surface area (Å²) < 4.78 is 5.76. The topological polar surface area (TPSA) is 26.3 Å². The smallest absolute Gasteiger partial charge is 0.193 e. The van der Waals surface area contributed by atoms with Gasteiger partial charge in [0.15, 0.2) is 11.9 Å². The lowest BCUT2D eigenvalue weighted by atomic mass is 9.86. The molecule has 74 valence electrons. The van der Waals surface area contributed by atoms with Crippen molar-refractivity contribution in [3.05, 3.63) is 48.1 Å². The van der Waals surface area contributed by atoms with Crippen LogP contribution >= 0.6 is 0 Å². The number of carbonyl (C=O) groups excluding carboxylic acids is 1. The van der Waals surface area contributed by atoms with Crippen molar-refractivity contribution in [3.8, 4) is 5.75 Å². The van der Waals surface area contributed by atoms with Crippen molar-refractivity contribution in [3.63, 3.8) is 0 Å². The quantitative estimate of drug-likeness (QED) is 0.647. The first-order valence-corrected chi connectivity index (χ1v) is 4.98. The van der Waals surface area contributed by atoms with E-state index in [9.17, 15) is 4.79 Å². The third-order valence-corrected chi connectivity index (χ3v) is 2.94. The van der Waals surface area contributed by atoms with Crippen LogP contribution in [0.2, 0.25) is 0 Å². The molecule has 0 spiro atoms. The van der Waals surface area contributed by atoms with Crippen LogP contribution in [0.3, 0.4) is 0 Å². The fourth-order valence-corrected chi connectivity index (χ4v) is 2.18. The maximum Gasteiger partial charge on any atom is 0.193 e. The zero-order valence-corrected chi connectivity index (χ0v) is 8.14. The molecule has 1 aromatic carbocycles. The van der Waals surface area contributed by atoms with Crippen LogP contribution in [-0.2, 0) is 4.79 Å². The van der Waals surface area contributed by atoms with Crippen LogP contribution < -0.4 is 4.74 Å². The van der Waals surface area contributed by atoms with Gasteiger partial charge in [-0.25, -0.2) is 0 Å². The average molecular weight is 198 g/mol. The summed E-state index contributed by atoms with van der Waals surface area (Å²) in [6.45, 7) is 0. The lowest BCUT2D eigenvalue weighted by Gasteiger charge is -2.24. The highest BCUT2D eigenvalue weighted by Crippen LogP contribution is 2.46. The van der Waals surface area contributed by atoms with Crippen molar-refractivity contribution < 1.29 is 9.53 Å². The van der Waals surface area contributed by atoms with Crippen molar-refractivity contribution in [2.75, 3.05) is 0 Å². The number of rotatable bonds is 1. The second kappa shape index (κ2) is 2.83. The predicted molar refractivity (Wildman–Crippen MR) is 57.6 cm³/mol. The van der Waals surface area contributed by atoms with Gasteiger partial charge in [-0.1, -0.05) is 36.4 Å².